The van der Waals surface area contributed by atoms with Crippen LogP contribution in [0.15, 0.2) is 54.6 Å². The van der Waals surface area contributed by atoms with Crippen molar-refractivity contribution in [3.63, 3.8) is 0 Å². The van der Waals surface area contributed by atoms with Gasteiger partial charge in [0.05, 0.1) is 7.11 Å². The predicted octanol–water partition coefficient (Wildman–Crippen LogP) is 4.25. The van der Waals surface area contributed by atoms with Gasteiger partial charge in [-0.25, -0.2) is 4.39 Å². The fraction of sp³-hybridized carbons (Fsp3) is 0.280. The van der Waals surface area contributed by atoms with Crippen LogP contribution >= 0.6 is 0 Å². The summed E-state index contributed by atoms with van der Waals surface area (Å²) in [6.45, 7) is 1.23. The molecule has 1 atom stereocenters. The number of ether oxygens (including phenoxy) is 1. The van der Waals surface area contributed by atoms with Crippen LogP contribution in [0.25, 0.3) is 21.9 Å². The molecular formula is C25H25FN2O3. The zero-order valence-electron chi connectivity index (χ0n) is 17.7. The third-order valence-corrected chi connectivity index (χ3v) is 5.93. The molecule has 1 heterocycles. The zero-order chi connectivity index (χ0) is 22.0. The number of hydrogen-bond acceptors (Lipinski definition) is 3. The molecule has 1 aliphatic heterocycles. The van der Waals surface area contributed by atoms with Crippen molar-refractivity contribution in [1.82, 2.24) is 10.2 Å². The number of fused-ring (bicyclic) bond motifs is 1. The smallest absolute Gasteiger partial charge is 0.253 e. The van der Waals surface area contributed by atoms with Gasteiger partial charge >= 0.3 is 0 Å². The second-order valence-corrected chi connectivity index (χ2v) is 7.85. The molecule has 1 fully saturated rings. The van der Waals surface area contributed by atoms with Crippen LogP contribution in [0, 0.1) is 11.7 Å². The molecule has 1 aliphatic rings. The van der Waals surface area contributed by atoms with Crippen LogP contribution in [0.5, 0.6) is 5.75 Å². The van der Waals surface area contributed by atoms with E-state index in [1.165, 1.54) is 7.11 Å². The Kier molecular flexibility index (Phi) is 5.89. The molecule has 0 saturated carbocycles. The van der Waals surface area contributed by atoms with Gasteiger partial charge in [0, 0.05) is 37.7 Å². The van der Waals surface area contributed by atoms with Gasteiger partial charge in [0.1, 0.15) is 0 Å². The number of amides is 2. The Morgan fingerprint density at radius 2 is 1.90 bits per heavy atom. The molecular weight excluding hydrogens is 395 g/mol. The molecule has 31 heavy (non-hydrogen) atoms. The van der Waals surface area contributed by atoms with Crippen molar-refractivity contribution >= 4 is 22.6 Å². The molecule has 0 aromatic heterocycles. The molecule has 3 aromatic carbocycles. The van der Waals surface area contributed by atoms with Crippen LogP contribution in [-0.4, -0.2) is 44.0 Å². The Labute approximate surface area is 180 Å². The minimum Gasteiger partial charge on any atom is -0.494 e. The van der Waals surface area contributed by atoms with E-state index in [2.05, 4.69) is 5.32 Å². The van der Waals surface area contributed by atoms with Gasteiger partial charge in [0.2, 0.25) is 5.91 Å². The molecule has 0 radical (unpaired) electrons. The largest absolute Gasteiger partial charge is 0.494 e. The van der Waals surface area contributed by atoms with E-state index in [1.807, 2.05) is 30.3 Å². The van der Waals surface area contributed by atoms with Gasteiger partial charge in [0.15, 0.2) is 11.6 Å². The standard InChI is InChI=1S/C25H25FN2O3/c1-27-23(29)13-16-11-12-28(15-16)25(30)18-9-10-19-17(14-18)5-3-6-20(19)21-7-4-8-22(31-2)24(21)26/h3-10,14,16H,11-13,15H2,1-2H3,(H,27,29). The molecule has 3 aromatic rings. The number of hydrogen-bond donors (Lipinski definition) is 1. The van der Waals surface area contributed by atoms with Gasteiger partial charge in [-0.2, -0.15) is 0 Å². The summed E-state index contributed by atoms with van der Waals surface area (Å²) in [7, 11) is 3.07. The van der Waals surface area contributed by atoms with E-state index < -0.39 is 5.82 Å². The van der Waals surface area contributed by atoms with Crippen LogP contribution in [-0.2, 0) is 4.79 Å². The maximum Gasteiger partial charge on any atom is 0.253 e. The van der Waals surface area contributed by atoms with Crippen LogP contribution in [0.1, 0.15) is 23.2 Å². The van der Waals surface area contributed by atoms with E-state index in [0.29, 0.717) is 30.6 Å². The number of methoxy groups -OCH3 is 1. The molecule has 6 heteroatoms. The Bertz CT molecular complexity index is 1140. The van der Waals surface area contributed by atoms with Gasteiger partial charge in [-0.3, -0.25) is 9.59 Å². The number of nitrogens with zero attached hydrogens (tertiary/aromatic N) is 1. The molecule has 0 aliphatic carbocycles. The summed E-state index contributed by atoms with van der Waals surface area (Å²) >= 11 is 0. The first kappa shape index (κ1) is 20.8. The first-order chi connectivity index (χ1) is 15.0. The Morgan fingerprint density at radius 3 is 2.68 bits per heavy atom. The highest BCUT2D eigenvalue weighted by molar-refractivity contribution is 6.03. The summed E-state index contributed by atoms with van der Waals surface area (Å²) in [6.07, 6.45) is 1.26. The third kappa shape index (κ3) is 4.10. The van der Waals surface area contributed by atoms with Crippen molar-refractivity contribution in [2.75, 3.05) is 27.2 Å². The van der Waals surface area contributed by atoms with E-state index in [9.17, 15) is 14.0 Å². The van der Waals surface area contributed by atoms with Gasteiger partial charge in [-0.1, -0.05) is 36.4 Å². The lowest BCUT2D eigenvalue weighted by molar-refractivity contribution is -0.121. The number of rotatable bonds is 5. The van der Waals surface area contributed by atoms with Crippen LogP contribution in [0.4, 0.5) is 4.39 Å². The summed E-state index contributed by atoms with van der Waals surface area (Å²) in [4.78, 5) is 26.5. The van der Waals surface area contributed by atoms with Gasteiger partial charge < -0.3 is 15.0 Å². The SMILES string of the molecule is CNC(=O)CC1CCN(C(=O)c2ccc3c(-c4cccc(OC)c4F)cccc3c2)C1. The minimum atomic E-state index is -0.406. The lowest BCUT2D eigenvalue weighted by Crippen LogP contribution is -2.29. The highest BCUT2D eigenvalue weighted by Crippen LogP contribution is 2.34. The van der Waals surface area contributed by atoms with E-state index in [0.717, 1.165) is 22.8 Å². The average Bonchev–Trinajstić information content (AvgIpc) is 3.26. The molecule has 0 spiro atoms. The highest BCUT2D eigenvalue weighted by atomic mass is 19.1. The second-order valence-electron chi connectivity index (χ2n) is 7.85. The summed E-state index contributed by atoms with van der Waals surface area (Å²) in [5.74, 6) is -0.0629. The van der Waals surface area contributed by atoms with Crippen molar-refractivity contribution in [2.24, 2.45) is 5.92 Å². The molecule has 5 nitrogen and oxygen atoms in total. The summed E-state index contributed by atoms with van der Waals surface area (Å²) in [5.41, 5.74) is 1.80. The monoisotopic (exact) mass is 420 g/mol. The first-order valence-corrected chi connectivity index (χ1v) is 10.4. The van der Waals surface area contributed by atoms with E-state index in [1.54, 1.807) is 36.2 Å². The number of benzene rings is 3. The topological polar surface area (TPSA) is 58.6 Å². The van der Waals surface area contributed by atoms with Crippen LogP contribution < -0.4 is 10.1 Å². The molecule has 1 N–H and O–H groups in total. The molecule has 1 unspecified atom stereocenters. The predicted molar refractivity (Wildman–Crippen MR) is 119 cm³/mol. The number of nitrogens with one attached hydrogen (secondary N) is 1. The first-order valence-electron chi connectivity index (χ1n) is 10.4. The third-order valence-electron chi connectivity index (χ3n) is 5.93. The number of likely N-dealkylation sites (tertiary alicyclic amines) is 1. The summed E-state index contributed by atoms with van der Waals surface area (Å²) < 4.78 is 20.0. The molecule has 2 amide bonds. The van der Waals surface area contributed by atoms with Crippen LogP contribution in [0.3, 0.4) is 0 Å². The average molecular weight is 420 g/mol. The fourth-order valence-electron chi connectivity index (χ4n) is 4.26. The maximum atomic E-state index is 14.8. The summed E-state index contributed by atoms with van der Waals surface area (Å²) in [6, 6.07) is 16.2. The number of halogens is 1. The Morgan fingerprint density at radius 1 is 1.13 bits per heavy atom. The molecule has 4 rings (SSSR count). The lowest BCUT2D eigenvalue weighted by Gasteiger charge is -2.17. The van der Waals surface area contributed by atoms with E-state index in [-0.39, 0.29) is 23.5 Å². The normalized spacial score (nSPS) is 15.8. The van der Waals surface area contributed by atoms with Crippen molar-refractivity contribution in [1.29, 1.82) is 0 Å². The summed E-state index contributed by atoms with van der Waals surface area (Å²) in [5, 5.41) is 4.37. The number of carbonyl (C=O) groups is 2. The molecule has 0 bridgehead atoms. The van der Waals surface area contributed by atoms with Gasteiger partial charge in [0.25, 0.3) is 5.91 Å². The van der Waals surface area contributed by atoms with Gasteiger partial charge in [-0.15, -0.1) is 0 Å². The van der Waals surface area contributed by atoms with E-state index >= 15 is 0 Å². The zero-order valence-corrected chi connectivity index (χ0v) is 17.7. The maximum absolute atomic E-state index is 14.8. The Balaban J connectivity index is 1.62. The van der Waals surface area contributed by atoms with Crippen molar-refractivity contribution in [3.05, 3.63) is 66.0 Å². The molecule has 160 valence electrons. The minimum absolute atomic E-state index is 0.00214. The van der Waals surface area contributed by atoms with E-state index in [4.69, 9.17) is 4.74 Å². The van der Waals surface area contributed by atoms with Crippen molar-refractivity contribution < 1.29 is 18.7 Å². The quantitative estimate of drug-likeness (QED) is 0.671. The second kappa shape index (κ2) is 8.76. The Hall–Kier alpha value is -3.41. The van der Waals surface area contributed by atoms with Crippen molar-refractivity contribution in [2.45, 2.75) is 12.8 Å². The molecule has 1 saturated heterocycles. The number of carbonyl (C=O) groups excluding carboxylic acids is 2. The van der Waals surface area contributed by atoms with Crippen molar-refractivity contribution in [3.8, 4) is 16.9 Å². The van der Waals surface area contributed by atoms with Crippen LogP contribution in [0.2, 0.25) is 0 Å². The highest BCUT2D eigenvalue weighted by Gasteiger charge is 2.28. The van der Waals surface area contributed by atoms with Gasteiger partial charge in [-0.05, 0) is 46.9 Å². The fourth-order valence-corrected chi connectivity index (χ4v) is 4.26. The lowest BCUT2D eigenvalue weighted by atomic mass is 9.96.